The van der Waals surface area contributed by atoms with Crippen LogP contribution < -0.4 is 5.32 Å². The topological polar surface area (TPSA) is 92.7 Å². The molecule has 2 N–H and O–H groups in total. The Hall–Kier alpha value is -0.820. The highest BCUT2D eigenvalue weighted by Gasteiger charge is 2.27. The lowest BCUT2D eigenvalue weighted by Crippen LogP contribution is -2.30. The predicted octanol–water partition coefficient (Wildman–Crippen LogP) is -0.860. The summed E-state index contributed by atoms with van der Waals surface area (Å²) in [5.41, 5.74) is 0. The maximum Gasteiger partial charge on any atom is 0.407 e. The van der Waals surface area contributed by atoms with Gasteiger partial charge in [-0.05, 0) is 12.3 Å². The minimum Gasteiger partial charge on any atom is -0.447 e. The number of nitrogens with one attached hydrogen (secondary N) is 1. The summed E-state index contributed by atoms with van der Waals surface area (Å²) in [5.74, 6) is 0.315. The van der Waals surface area contributed by atoms with Crippen LogP contribution >= 0.6 is 0 Å². The van der Waals surface area contributed by atoms with Crippen molar-refractivity contribution >= 4 is 15.9 Å². The highest BCUT2D eigenvalue weighted by atomic mass is 32.2. The molecule has 1 heterocycles. The van der Waals surface area contributed by atoms with Crippen LogP contribution in [0.1, 0.15) is 6.42 Å². The van der Waals surface area contributed by atoms with E-state index in [4.69, 9.17) is 5.11 Å². The van der Waals surface area contributed by atoms with Gasteiger partial charge in [-0.2, -0.15) is 0 Å². The molecule has 88 valence electrons. The molecule has 0 saturated carbocycles. The molecule has 0 spiro atoms. The van der Waals surface area contributed by atoms with Crippen LogP contribution in [0, 0.1) is 5.92 Å². The SMILES string of the molecule is O=C(NCC1CCS(=O)(=O)C1)OCCO. The largest absolute Gasteiger partial charge is 0.447 e. The van der Waals surface area contributed by atoms with Crippen LogP contribution in [-0.2, 0) is 14.6 Å². The lowest BCUT2D eigenvalue weighted by atomic mass is 10.1. The van der Waals surface area contributed by atoms with Gasteiger partial charge in [0.2, 0.25) is 0 Å². The number of hydrogen-bond acceptors (Lipinski definition) is 5. The third-order valence-electron chi connectivity index (χ3n) is 2.19. The van der Waals surface area contributed by atoms with Crippen LogP contribution in [0.3, 0.4) is 0 Å². The third-order valence-corrected chi connectivity index (χ3v) is 4.02. The van der Waals surface area contributed by atoms with Crippen LogP contribution in [0.2, 0.25) is 0 Å². The zero-order chi connectivity index (χ0) is 11.3. The van der Waals surface area contributed by atoms with E-state index in [1.165, 1.54) is 0 Å². The van der Waals surface area contributed by atoms with E-state index in [9.17, 15) is 13.2 Å². The molecule has 6 nitrogen and oxygen atoms in total. The van der Waals surface area contributed by atoms with Crippen molar-refractivity contribution in [2.24, 2.45) is 5.92 Å². The second-order valence-electron chi connectivity index (χ2n) is 3.51. The minimum atomic E-state index is -2.89. The Morgan fingerprint density at radius 2 is 2.27 bits per heavy atom. The monoisotopic (exact) mass is 237 g/mol. The number of alkyl carbamates (subject to hydrolysis) is 1. The third kappa shape index (κ3) is 4.48. The summed E-state index contributed by atoms with van der Waals surface area (Å²) in [6, 6.07) is 0. The summed E-state index contributed by atoms with van der Waals surface area (Å²) in [5, 5.41) is 10.8. The number of aliphatic hydroxyl groups excluding tert-OH is 1. The molecule has 1 fully saturated rings. The van der Waals surface area contributed by atoms with Gasteiger partial charge in [-0.3, -0.25) is 0 Å². The quantitative estimate of drug-likeness (QED) is 0.663. The maximum atomic E-state index is 11.1. The standard InChI is InChI=1S/C8H15NO5S/c10-2-3-14-8(11)9-5-7-1-4-15(12,13)6-7/h7,10H,1-6H2,(H,9,11). The van der Waals surface area contributed by atoms with Gasteiger partial charge < -0.3 is 15.2 Å². The lowest BCUT2D eigenvalue weighted by molar-refractivity contribution is 0.118. The molecule has 1 amide bonds. The summed E-state index contributed by atoms with van der Waals surface area (Å²) in [6.07, 6.45) is -0.0313. The van der Waals surface area contributed by atoms with Crippen molar-refractivity contribution in [3.8, 4) is 0 Å². The fourth-order valence-electron chi connectivity index (χ4n) is 1.45. The molecular formula is C8H15NO5S. The predicted molar refractivity (Wildman–Crippen MR) is 53.2 cm³/mol. The summed E-state index contributed by atoms with van der Waals surface area (Å²) in [4.78, 5) is 10.9. The second kappa shape index (κ2) is 5.32. The van der Waals surface area contributed by atoms with E-state index in [1.807, 2.05) is 0 Å². The molecule has 1 unspecified atom stereocenters. The van der Waals surface area contributed by atoms with Crippen LogP contribution in [-0.4, -0.2) is 50.9 Å². The van der Waals surface area contributed by atoms with Gasteiger partial charge in [0.25, 0.3) is 0 Å². The lowest BCUT2D eigenvalue weighted by Gasteiger charge is -2.09. The van der Waals surface area contributed by atoms with Crippen molar-refractivity contribution in [1.82, 2.24) is 5.32 Å². The van der Waals surface area contributed by atoms with Gasteiger partial charge in [-0.15, -0.1) is 0 Å². The Bertz CT molecular complexity index is 313. The van der Waals surface area contributed by atoms with Gasteiger partial charge in [0.15, 0.2) is 9.84 Å². The second-order valence-corrected chi connectivity index (χ2v) is 5.74. The van der Waals surface area contributed by atoms with Gasteiger partial charge >= 0.3 is 6.09 Å². The number of rotatable bonds is 4. The van der Waals surface area contributed by atoms with E-state index in [-0.39, 0.29) is 30.6 Å². The van der Waals surface area contributed by atoms with Gasteiger partial charge in [-0.1, -0.05) is 0 Å². The first-order valence-electron chi connectivity index (χ1n) is 4.75. The fourth-order valence-corrected chi connectivity index (χ4v) is 3.31. The van der Waals surface area contributed by atoms with Crippen LogP contribution in [0.5, 0.6) is 0 Å². The zero-order valence-corrected chi connectivity index (χ0v) is 9.12. The minimum absolute atomic E-state index is 0.0170. The van der Waals surface area contributed by atoms with Gasteiger partial charge in [0.1, 0.15) is 6.61 Å². The van der Waals surface area contributed by atoms with E-state index in [2.05, 4.69) is 10.1 Å². The first kappa shape index (κ1) is 12.3. The van der Waals surface area contributed by atoms with E-state index in [1.54, 1.807) is 0 Å². The summed E-state index contributed by atoms with van der Waals surface area (Å²) in [6.45, 7) is 0.0452. The Morgan fingerprint density at radius 3 is 2.80 bits per heavy atom. The van der Waals surface area contributed by atoms with E-state index < -0.39 is 15.9 Å². The zero-order valence-electron chi connectivity index (χ0n) is 8.31. The molecule has 15 heavy (non-hydrogen) atoms. The molecule has 0 aromatic carbocycles. The Balaban J connectivity index is 2.18. The Kier molecular flexibility index (Phi) is 4.34. The molecule has 0 aromatic heterocycles. The number of ether oxygens (including phenoxy) is 1. The van der Waals surface area contributed by atoms with Gasteiger partial charge in [-0.25, -0.2) is 13.2 Å². The van der Waals surface area contributed by atoms with Gasteiger partial charge in [0.05, 0.1) is 18.1 Å². The number of amides is 1. The van der Waals surface area contributed by atoms with E-state index in [0.717, 1.165) is 0 Å². The smallest absolute Gasteiger partial charge is 0.407 e. The van der Waals surface area contributed by atoms with Crippen LogP contribution in [0.15, 0.2) is 0 Å². The molecule has 1 aliphatic heterocycles. The molecule has 1 saturated heterocycles. The first-order valence-corrected chi connectivity index (χ1v) is 6.57. The molecule has 1 rings (SSSR count). The fraction of sp³-hybridized carbons (Fsp3) is 0.875. The molecule has 0 aliphatic carbocycles. The molecule has 1 aliphatic rings. The molecule has 0 aromatic rings. The number of hydrogen-bond donors (Lipinski definition) is 2. The molecule has 0 radical (unpaired) electrons. The summed E-state index contributed by atoms with van der Waals surface area (Å²) < 4.78 is 26.7. The Labute approximate surface area is 88.5 Å². The van der Waals surface area contributed by atoms with Crippen molar-refractivity contribution < 1.29 is 23.1 Å². The first-order chi connectivity index (χ1) is 7.03. The number of carbonyl (C=O) groups is 1. The van der Waals surface area contributed by atoms with Crippen molar-refractivity contribution in [1.29, 1.82) is 0 Å². The van der Waals surface area contributed by atoms with Crippen LogP contribution in [0.25, 0.3) is 0 Å². The van der Waals surface area contributed by atoms with E-state index in [0.29, 0.717) is 13.0 Å². The summed E-state index contributed by atoms with van der Waals surface area (Å²) >= 11 is 0. The number of aliphatic hydroxyl groups is 1. The van der Waals surface area contributed by atoms with Gasteiger partial charge in [0, 0.05) is 6.54 Å². The van der Waals surface area contributed by atoms with Crippen LogP contribution in [0.4, 0.5) is 4.79 Å². The average molecular weight is 237 g/mol. The van der Waals surface area contributed by atoms with Crippen molar-refractivity contribution in [3.63, 3.8) is 0 Å². The molecule has 7 heteroatoms. The van der Waals surface area contributed by atoms with Crippen molar-refractivity contribution in [2.75, 3.05) is 31.3 Å². The average Bonchev–Trinajstić information content (AvgIpc) is 2.52. The molecule has 1 atom stereocenters. The van der Waals surface area contributed by atoms with E-state index >= 15 is 0 Å². The molecular weight excluding hydrogens is 222 g/mol. The highest BCUT2D eigenvalue weighted by Crippen LogP contribution is 2.17. The highest BCUT2D eigenvalue weighted by molar-refractivity contribution is 7.91. The van der Waals surface area contributed by atoms with Crippen molar-refractivity contribution in [2.45, 2.75) is 6.42 Å². The van der Waals surface area contributed by atoms with Crippen molar-refractivity contribution in [3.05, 3.63) is 0 Å². The maximum absolute atomic E-state index is 11.1. The number of carbonyl (C=O) groups excluding carboxylic acids is 1. The normalized spacial score (nSPS) is 23.7. The Morgan fingerprint density at radius 1 is 1.53 bits per heavy atom. The number of sulfone groups is 1. The summed E-state index contributed by atoms with van der Waals surface area (Å²) in [7, 11) is -2.89. The molecule has 0 bridgehead atoms.